The van der Waals surface area contributed by atoms with Crippen molar-refractivity contribution in [3.8, 4) is 5.69 Å². The third-order valence-corrected chi connectivity index (χ3v) is 5.99. The highest BCUT2D eigenvalue weighted by Gasteiger charge is 2.26. The van der Waals surface area contributed by atoms with Crippen molar-refractivity contribution in [3.63, 3.8) is 0 Å². The summed E-state index contributed by atoms with van der Waals surface area (Å²) in [7, 11) is 1.93. The van der Waals surface area contributed by atoms with Crippen LogP contribution in [0.2, 0.25) is 0 Å². The Morgan fingerprint density at radius 1 is 1.07 bits per heavy atom. The van der Waals surface area contributed by atoms with Gasteiger partial charge in [-0.25, -0.2) is 4.68 Å². The minimum Gasteiger partial charge on any atom is -0.344 e. The van der Waals surface area contributed by atoms with E-state index in [2.05, 4.69) is 10.4 Å². The predicted molar refractivity (Wildman–Crippen MR) is 113 cm³/mol. The molecule has 1 aromatic carbocycles. The van der Waals surface area contributed by atoms with Crippen LogP contribution in [0.15, 0.2) is 30.3 Å². The first kappa shape index (κ1) is 19.4. The molecule has 4 rings (SSSR count). The fourth-order valence-electron chi connectivity index (χ4n) is 4.49. The van der Waals surface area contributed by atoms with Crippen molar-refractivity contribution < 1.29 is 4.79 Å². The van der Waals surface area contributed by atoms with Crippen LogP contribution in [0, 0.1) is 13.8 Å². The highest BCUT2D eigenvalue weighted by atomic mass is 16.2. The highest BCUT2D eigenvalue weighted by molar-refractivity contribution is 5.94. The molecule has 6 nitrogen and oxygen atoms in total. The largest absolute Gasteiger partial charge is 0.344 e. The standard InChI is InChI=1S/C23H29N5O/c1-15(21-16(2)25-27(4)17(21)3)24-23(29)22-19-13-9-6-10-14-20(19)28(26-22)18-11-7-5-8-12-18/h5,7-8,11-12,15H,6,9-10,13-14H2,1-4H3,(H,24,29)/t15-/m1/s1. The molecule has 29 heavy (non-hydrogen) atoms. The van der Waals surface area contributed by atoms with Crippen molar-refractivity contribution in [1.82, 2.24) is 24.9 Å². The van der Waals surface area contributed by atoms with Gasteiger partial charge in [0.25, 0.3) is 5.91 Å². The summed E-state index contributed by atoms with van der Waals surface area (Å²) in [4.78, 5) is 13.3. The van der Waals surface area contributed by atoms with Crippen LogP contribution in [0.5, 0.6) is 0 Å². The Morgan fingerprint density at radius 2 is 1.79 bits per heavy atom. The van der Waals surface area contributed by atoms with Gasteiger partial charge in [-0.15, -0.1) is 0 Å². The molecule has 1 amide bonds. The number of aromatic nitrogens is 4. The monoisotopic (exact) mass is 391 g/mol. The molecule has 2 aromatic heterocycles. The van der Waals surface area contributed by atoms with Crippen LogP contribution in [0.1, 0.15) is 70.9 Å². The second-order valence-corrected chi connectivity index (χ2v) is 7.99. The number of nitrogens with one attached hydrogen (secondary N) is 1. The first-order chi connectivity index (χ1) is 14.0. The Bertz CT molecular complexity index is 1030. The molecule has 0 bridgehead atoms. The maximum Gasteiger partial charge on any atom is 0.272 e. The number of aryl methyl sites for hydroxylation is 2. The minimum atomic E-state index is -0.125. The summed E-state index contributed by atoms with van der Waals surface area (Å²) >= 11 is 0. The van der Waals surface area contributed by atoms with Crippen LogP contribution in [0.3, 0.4) is 0 Å². The van der Waals surface area contributed by atoms with Gasteiger partial charge in [0.05, 0.1) is 17.4 Å². The van der Waals surface area contributed by atoms with Crippen molar-refractivity contribution in [2.75, 3.05) is 0 Å². The number of rotatable bonds is 4. The molecule has 0 unspecified atom stereocenters. The van der Waals surface area contributed by atoms with Crippen LogP contribution in [0.4, 0.5) is 0 Å². The summed E-state index contributed by atoms with van der Waals surface area (Å²) in [5.41, 5.74) is 6.97. The number of benzene rings is 1. The third kappa shape index (κ3) is 3.59. The van der Waals surface area contributed by atoms with E-state index in [4.69, 9.17) is 5.10 Å². The number of hydrogen-bond donors (Lipinski definition) is 1. The van der Waals surface area contributed by atoms with Crippen LogP contribution in [0.25, 0.3) is 5.69 Å². The van der Waals surface area contributed by atoms with Gasteiger partial charge >= 0.3 is 0 Å². The number of hydrogen-bond acceptors (Lipinski definition) is 3. The molecule has 1 atom stereocenters. The zero-order valence-electron chi connectivity index (χ0n) is 17.7. The number of para-hydroxylation sites is 1. The smallest absolute Gasteiger partial charge is 0.272 e. The Kier molecular flexibility index (Phi) is 5.26. The van der Waals surface area contributed by atoms with Gasteiger partial charge in [-0.2, -0.15) is 10.2 Å². The Hall–Kier alpha value is -2.89. The van der Waals surface area contributed by atoms with Crippen LogP contribution in [-0.2, 0) is 19.9 Å². The molecule has 0 radical (unpaired) electrons. The van der Waals surface area contributed by atoms with E-state index in [1.54, 1.807) is 0 Å². The number of carbonyl (C=O) groups is 1. The normalized spacial score (nSPS) is 14.9. The van der Waals surface area contributed by atoms with Crippen molar-refractivity contribution in [3.05, 3.63) is 64.2 Å². The molecule has 2 heterocycles. The lowest BCUT2D eigenvalue weighted by molar-refractivity contribution is 0.0933. The van der Waals surface area contributed by atoms with E-state index < -0.39 is 0 Å². The van der Waals surface area contributed by atoms with Crippen LogP contribution >= 0.6 is 0 Å². The minimum absolute atomic E-state index is 0.104. The molecule has 1 aliphatic carbocycles. The van der Waals surface area contributed by atoms with E-state index in [0.717, 1.165) is 53.9 Å². The summed E-state index contributed by atoms with van der Waals surface area (Å²) in [5.74, 6) is -0.104. The third-order valence-electron chi connectivity index (χ3n) is 5.99. The molecule has 6 heteroatoms. The molecule has 1 aliphatic rings. The van der Waals surface area contributed by atoms with Crippen molar-refractivity contribution in [2.45, 2.75) is 58.9 Å². The average molecular weight is 392 g/mol. The van der Waals surface area contributed by atoms with E-state index in [9.17, 15) is 4.79 Å². The zero-order chi connectivity index (χ0) is 20.5. The lowest BCUT2D eigenvalue weighted by Crippen LogP contribution is -2.28. The summed E-state index contributed by atoms with van der Waals surface area (Å²) in [5, 5.41) is 12.4. The maximum absolute atomic E-state index is 13.3. The van der Waals surface area contributed by atoms with Crippen LogP contribution < -0.4 is 5.32 Å². The second kappa shape index (κ2) is 7.85. The van der Waals surface area contributed by atoms with Gasteiger partial charge in [-0.1, -0.05) is 24.6 Å². The lowest BCUT2D eigenvalue weighted by atomic mass is 10.0. The van der Waals surface area contributed by atoms with Gasteiger partial charge in [0.2, 0.25) is 0 Å². The molecule has 0 fully saturated rings. The fourth-order valence-corrected chi connectivity index (χ4v) is 4.49. The summed E-state index contributed by atoms with van der Waals surface area (Å²) in [6.07, 6.45) is 5.29. The summed E-state index contributed by atoms with van der Waals surface area (Å²) in [6, 6.07) is 9.99. The van der Waals surface area contributed by atoms with Gasteiger partial charge in [-0.3, -0.25) is 9.48 Å². The Labute approximate surface area is 171 Å². The molecule has 0 saturated heterocycles. The molecule has 0 saturated carbocycles. The van der Waals surface area contributed by atoms with Crippen molar-refractivity contribution in [2.24, 2.45) is 7.05 Å². The van der Waals surface area contributed by atoms with Gasteiger partial charge in [0, 0.05) is 29.6 Å². The average Bonchev–Trinajstić information content (AvgIpc) is 3.06. The van der Waals surface area contributed by atoms with E-state index in [-0.39, 0.29) is 11.9 Å². The van der Waals surface area contributed by atoms with Crippen molar-refractivity contribution >= 4 is 5.91 Å². The predicted octanol–water partition coefficient (Wildman–Crippen LogP) is 3.98. The molecule has 0 spiro atoms. The number of fused-ring (bicyclic) bond motifs is 1. The summed E-state index contributed by atoms with van der Waals surface area (Å²) < 4.78 is 3.84. The second-order valence-electron chi connectivity index (χ2n) is 7.99. The van der Waals surface area contributed by atoms with Gasteiger partial charge in [-0.05, 0) is 58.6 Å². The quantitative estimate of drug-likeness (QED) is 0.684. The number of carbonyl (C=O) groups excluding carboxylic acids is 1. The number of nitrogens with zero attached hydrogens (tertiary/aromatic N) is 4. The zero-order valence-corrected chi connectivity index (χ0v) is 17.7. The topological polar surface area (TPSA) is 64.7 Å². The molecule has 1 N–H and O–H groups in total. The van der Waals surface area contributed by atoms with E-state index in [0.29, 0.717) is 5.69 Å². The van der Waals surface area contributed by atoms with E-state index in [1.165, 1.54) is 12.1 Å². The Balaban J connectivity index is 1.69. The van der Waals surface area contributed by atoms with E-state index in [1.807, 2.05) is 67.5 Å². The molecular weight excluding hydrogens is 362 g/mol. The first-order valence-electron chi connectivity index (χ1n) is 10.4. The van der Waals surface area contributed by atoms with Gasteiger partial charge in [0.15, 0.2) is 5.69 Å². The van der Waals surface area contributed by atoms with E-state index >= 15 is 0 Å². The molecule has 0 aliphatic heterocycles. The first-order valence-corrected chi connectivity index (χ1v) is 10.4. The SMILES string of the molecule is Cc1nn(C)c(C)c1[C@@H](C)NC(=O)c1nn(-c2ccccc2)c2c1CCCCC2. The molecular formula is C23H29N5O. The van der Waals surface area contributed by atoms with Crippen LogP contribution in [-0.4, -0.2) is 25.5 Å². The van der Waals surface area contributed by atoms with Gasteiger partial charge in [0.1, 0.15) is 0 Å². The highest BCUT2D eigenvalue weighted by Crippen LogP contribution is 2.27. The lowest BCUT2D eigenvalue weighted by Gasteiger charge is -2.14. The maximum atomic E-state index is 13.3. The van der Waals surface area contributed by atoms with Gasteiger partial charge < -0.3 is 5.32 Å². The molecule has 152 valence electrons. The van der Waals surface area contributed by atoms with Crippen molar-refractivity contribution in [1.29, 1.82) is 0 Å². The molecule has 3 aromatic rings. The number of amides is 1. The summed E-state index contributed by atoms with van der Waals surface area (Å²) in [6.45, 7) is 6.04. The fraction of sp³-hybridized carbons (Fsp3) is 0.435. The Morgan fingerprint density at radius 3 is 2.48 bits per heavy atom.